The van der Waals surface area contributed by atoms with Gasteiger partial charge in [-0.25, -0.2) is 9.07 Å². The molecule has 4 aliphatic rings. The number of benzene rings is 2. The Labute approximate surface area is 298 Å². The van der Waals surface area contributed by atoms with Gasteiger partial charge in [-0.15, -0.1) is 0 Å². The zero-order valence-electron chi connectivity index (χ0n) is 29.0. The van der Waals surface area contributed by atoms with E-state index >= 15 is 4.39 Å². The van der Waals surface area contributed by atoms with Gasteiger partial charge < -0.3 is 15.1 Å². The summed E-state index contributed by atoms with van der Waals surface area (Å²) < 4.78 is 16.4. The lowest BCUT2D eigenvalue weighted by Gasteiger charge is -2.47. The molecule has 2 amide bonds. The van der Waals surface area contributed by atoms with Gasteiger partial charge in [-0.1, -0.05) is 41.9 Å². The van der Waals surface area contributed by atoms with E-state index in [0.717, 1.165) is 70.8 Å². The number of imide groups is 1. The van der Waals surface area contributed by atoms with Crippen molar-refractivity contribution in [1.29, 1.82) is 0 Å². The summed E-state index contributed by atoms with van der Waals surface area (Å²) in [4.78, 5) is 43.2. The lowest BCUT2D eigenvalue weighted by molar-refractivity contribution is -0.134. The molecule has 0 bridgehead atoms. The van der Waals surface area contributed by atoms with Gasteiger partial charge in [0.05, 0.1) is 17.8 Å². The van der Waals surface area contributed by atoms with E-state index in [1.54, 1.807) is 25.4 Å². The van der Waals surface area contributed by atoms with Crippen LogP contribution < -0.4 is 21.1 Å². The second-order valence-corrected chi connectivity index (χ2v) is 15.4. The zero-order chi connectivity index (χ0) is 35.0. The molecule has 1 aromatic heterocycles. The van der Waals surface area contributed by atoms with Crippen LogP contribution in [0.5, 0.6) is 0 Å². The van der Waals surface area contributed by atoms with Gasteiger partial charge in [0, 0.05) is 63.5 Å². The van der Waals surface area contributed by atoms with Crippen molar-refractivity contribution < 1.29 is 14.0 Å². The van der Waals surface area contributed by atoms with Gasteiger partial charge in [0.1, 0.15) is 10.8 Å². The summed E-state index contributed by atoms with van der Waals surface area (Å²) in [6, 6.07) is 14.5. The highest BCUT2D eigenvalue weighted by atomic mass is 35.5. The number of likely N-dealkylation sites (tertiary alicyclic amines) is 2. The van der Waals surface area contributed by atoms with Crippen molar-refractivity contribution in [1.82, 2.24) is 24.9 Å². The molecule has 2 aromatic carbocycles. The highest BCUT2D eigenvalue weighted by Gasteiger charge is 2.38. The van der Waals surface area contributed by atoms with Crippen LogP contribution in [0.4, 0.5) is 15.8 Å². The van der Waals surface area contributed by atoms with Crippen LogP contribution in [0.15, 0.2) is 53.5 Å². The van der Waals surface area contributed by atoms with Crippen molar-refractivity contribution in [2.45, 2.75) is 69.4 Å². The first-order valence-electron chi connectivity index (χ1n) is 17.9. The second-order valence-electron chi connectivity index (χ2n) is 15.0. The van der Waals surface area contributed by atoms with E-state index in [4.69, 9.17) is 11.6 Å². The number of likely N-dealkylation sites (N-methyl/N-ethyl adjacent to an activating group) is 1. The maximum Gasteiger partial charge on any atom is 0.287 e. The van der Waals surface area contributed by atoms with Gasteiger partial charge in [-0.3, -0.25) is 24.6 Å². The van der Waals surface area contributed by atoms with E-state index in [1.165, 1.54) is 28.7 Å². The molecule has 266 valence electrons. The molecule has 3 unspecified atom stereocenters. The number of carbonyl (C=O) groups excluding carboxylic acids is 2. The van der Waals surface area contributed by atoms with Crippen LogP contribution in [0, 0.1) is 11.2 Å². The number of hydrogen-bond acceptors (Lipinski definition) is 8. The number of hydrogen-bond donors (Lipinski definition) is 2. The van der Waals surface area contributed by atoms with Crippen molar-refractivity contribution in [2.24, 2.45) is 12.5 Å². The van der Waals surface area contributed by atoms with Gasteiger partial charge in [-0.2, -0.15) is 5.10 Å². The molecule has 0 radical (unpaired) electrons. The standard InChI is InChI=1S/C38H47ClFN7O3/c1-44-23-27(19-28(24-44)42-33-21-41-45(2)37(50)35(33)39)26-5-3-25(4-6-26)22-46-15-11-38(12-16-46)13-17-47(18-14-38)29-7-8-30(32(40)20-29)31-9-10-34(48)43-36(31)49/h3-8,20-21,27-28,31,42H,9-19,22-24H2,1-2H3,(H,43,48,49). The average Bonchev–Trinajstić information content (AvgIpc) is 3.10. The Morgan fingerprint density at radius 3 is 2.40 bits per heavy atom. The first kappa shape index (κ1) is 34.6. The number of carbonyl (C=O) groups is 2. The smallest absolute Gasteiger partial charge is 0.287 e. The number of anilines is 2. The molecule has 4 saturated heterocycles. The average molecular weight is 704 g/mol. The molecular formula is C38H47ClFN7O3. The fourth-order valence-electron chi connectivity index (χ4n) is 8.56. The molecule has 50 heavy (non-hydrogen) atoms. The molecule has 10 nitrogen and oxygen atoms in total. The predicted octanol–water partition coefficient (Wildman–Crippen LogP) is 4.88. The summed E-state index contributed by atoms with van der Waals surface area (Å²) in [5.41, 5.74) is 4.53. The van der Waals surface area contributed by atoms with Crippen molar-refractivity contribution in [3.05, 3.63) is 86.5 Å². The van der Waals surface area contributed by atoms with E-state index in [1.807, 2.05) is 6.07 Å². The Bertz CT molecular complexity index is 1780. The molecule has 2 N–H and O–H groups in total. The molecule has 3 atom stereocenters. The zero-order valence-corrected chi connectivity index (χ0v) is 29.7. The number of aromatic nitrogens is 2. The topological polar surface area (TPSA) is 103 Å². The monoisotopic (exact) mass is 703 g/mol. The molecule has 4 aliphatic heterocycles. The first-order valence-corrected chi connectivity index (χ1v) is 18.3. The van der Waals surface area contributed by atoms with Gasteiger partial charge in [-0.05, 0) is 93.3 Å². The molecule has 1 spiro atoms. The van der Waals surface area contributed by atoms with E-state index in [2.05, 4.69) is 61.7 Å². The summed E-state index contributed by atoms with van der Waals surface area (Å²) >= 11 is 6.33. The van der Waals surface area contributed by atoms with Crippen LogP contribution in [0.2, 0.25) is 5.02 Å². The highest BCUT2D eigenvalue weighted by Crippen LogP contribution is 2.43. The quantitative estimate of drug-likeness (QED) is 0.336. The predicted molar refractivity (Wildman–Crippen MR) is 193 cm³/mol. The molecule has 12 heteroatoms. The Kier molecular flexibility index (Phi) is 10.0. The van der Waals surface area contributed by atoms with E-state index in [9.17, 15) is 14.4 Å². The third-order valence-corrected chi connectivity index (χ3v) is 12.0. The first-order chi connectivity index (χ1) is 24.1. The Morgan fingerprint density at radius 2 is 1.70 bits per heavy atom. The summed E-state index contributed by atoms with van der Waals surface area (Å²) in [6.07, 6.45) is 7.72. The van der Waals surface area contributed by atoms with E-state index in [0.29, 0.717) is 29.0 Å². The Balaban J connectivity index is 0.888. The number of piperidine rings is 4. The number of rotatable bonds is 7. The molecule has 5 heterocycles. The lowest BCUT2D eigenvalue weighted by Crippen LogP contribution is -2.46. The van der Waals surface area contributed by atoms with Crippen LogP contribution in [-0.2, 0) is 23.2 Å². The minimum atomic E-state index is -0.609. The molecule has 0 aliphatic carbocycles. The van der Waals surface area contributed by atoms with E-state index in [-0.39, 0.29) is 34.8 Å². The number of nitrogens with one attached hydrogen (secondary N) is 2. The van der Waals surface area contributed by atoms with Gasteiger partial charge in [0.2, 0.25) is 11.8 Å². The van der Waals surface area contributed by atoms with Crippen LogP contribution in [-0.4, -0.2) is 83.8 Å². The van der Waals surface area contributed by atoms with Gasteiger partial charge in [0.25, 0.3) is 5.56 Å². The molecule has 4 fully saturated rings. The fourth-order valence-corrected chi connectivity index (χ4v) is 8.79. The van der Waals surface area contributed by atoms with Crippen molar-refractivity contribution in [2.75, 3.05) is 56.5 Å². The number of nitrogens with zero attached hydrogens (tertiary/aromatic N) is 5. The van der Waals surface area contributed by atoms with Gasteiger partial charge >= 0.3 is 0 Å². The lowest BCUT2D eigenvalue weighted by atomic mass is 9.71. The van der Waals surface area contributed by atoms with Crippen LogP contribution >= 0.6 is 11.6 Å². The number of amides is 2. The maximum atomic E-state index is 15.2. The molecule has 3 aromatic rings. The SMILES string of the molecule is CN1CC(Nc2cnn(C)c(=O)c2Cl)CC(c2ccc(CN3CCC4(CC3)CCN(c3ccc(C5CCC(=O)NC5=O)c(F)c3)CC4)cc2)C1. The van der Waals surface area contributed by atoms with Crippen LogP contribution in [0.3, 0.4) is 0 Å². The van der Waals surface area contributed by atoms with Crippen LogP contribution in [0.1, 0.15) is 73.5 Å². The summed E-state index contributed by atoms with van der Waals surface area (Å²) in [5.74, 6) is -1.30. The molecule has 7 rings (SSSR count). The number of halogens is 2. The molecular weight excluding hydrogens is 657 g/mol. The minimum absolute atomic E-state index is 0.157. The maximum absolute atomic E-state index is 15.2. The summed E-state index contributed by atoms with van der Waals surface area (Å²) in [5, 5.41) is 10.1. The highest BCUT2D eigenvalue weighted by molar-refractivity contribution is 6.32. The van der Waals surface area contributed by atoms with Crippen molar-refractivity contribution >= 4 is 34.8 Å². The van der Waals surface area contributed by atoms with Crippen LogP contribution in [0.25, 0.3) is 0 Å². The second kappa shape index (κ2) is 14.4. The minimum Gasteiger partial charge on any atom is -0.378 e. The van der Waals surface area contributed by atoms with Gasteiger partial charge in [0.15, 0.2) is 0 Å². The summed E-state index contributed by atoms with van der Waals surface area (Å²) in [7, 11) is 3.73. The molecule has 0 saturated carbocycles. The fraction of sp³-hybridized carbons (Fsp3) is 0.526. The number of aryl methyl sites for hydroxylation is 1. The Morgan fingerprint density at radius 1 is 0.980 bits per heavy atom. The normalized spacial score (nSPS) is 24.7. The van der Waals surface area contributed by atoms with Crippen molar-refractivity contribution in [3.63, 3.8) is 0 Å². The summed E-state index contributed by atoms with van der Waals surface area (Å²) in [6.45, 7) is 6.76. The van der Waals surface area contributed by atoms with E-state index < -0.39 is 11.8 Å². The third-order valence-electron chi connectivity index (χ3n) is 11.6. The largest absolute Gasteiger partial charge is 0.378 e. The third kappa shape index (κ3) is 7.45. The van der Waals surface area contributed by atoms with Crippen molar-refractivity contribution in [3.8, 4) is 0 Å². The Hall–Kier alpha value is -3.80.